The lowest BCUT2D eigenvalue weighted by molar-refractivity contribution is -0.125. The molecular formula is C32H32ClF3N6O2S. The van der Waals surface area contributed by atoms with Crippen LogP contribution in [0.5, 0.6) is 6.01 Å². The second-order valence-corrected chi connectivity index (χ2v) is 13.7. The van der Waals surface area contributed by atoms with Gasteiger partial charge >= 0.3 is 6.01 Å². The van der Waals surface area contributed by atoms with E-state index in [1.807, 2.05) is 11.9 Å². The first-order valence-corrected chi connectivity index (χ1v) is 16.1. The zero-order chi connectivity index (χ0) is 31.6. The van der Waals surface area contributed by atoms with Crippen LogP contribution in [0.2, 0.25) is 5.02 Å². The summed E-state index contributed by atoms with van der Waals surface area (Å²) in [6.07, 6.45) is 3.12. The van der Waals surface area contributed by atoms with E-state index in [0.29, 0.717) is 64.3 Å². The zero-order valence-corrected chi connectivity index (χ0v) is 26.2. The van der Waals surface area contributed by atoms with E-state index in [1.54, 1.807) is 17.0 Å². The van der Waals surface area contributed by atoms with E-state index in [-0.39, 0.29) is 40.7 Å². The van der Waals surface area contributed by atoms with Gasteiger partial charge in [0, 0.05) is 55.5 Å². The molecule has 3 aliphatic rings. The van der Waals surface area contributed by atoms with Gasteiger partial charge in [-0.1, -0.05) is 24.2 Å². The third kappa shape index (κ3) is 5.07. The number of hydrogen-bond acceptors (Lipinski definition) is 8. The Morgan fingerprint density at radius 1 is 1.27 bits per heavy atom. The Kier molecular flexibility index (Phi) is 7.57. The standard InChI is InChI=1S/C32H32ClF3N6O2S/c1-3-25(43)41-10-7-18(15-41)40(2)30-21-11-22(33)26(19-5-6-23(35)29-20(19)12-24(37)45-29)27(36)28(21)38-31(39-30)44-16-32-8-4-9-42(32)14-17(34)13-32/h3,5-6,11-12,17-18H,1,4,7-10,13-16,37H2,2H3/t17-,18+,32+/m1/s1. The lowest BCUT2D eigenvalue weighted by atomic mass is 9.95. The summed E-state index contributed by atoms with van der Waals surface area (Å²) in [6.45, 7) is 5.90. The van der Waals surface area contributed by atoms with Crippen LogP contribution < -0.4 is 15.4 Å². The predicted molar refractivity (Wildman–Crippen MR) is 172 cm³/mol. The van der Waals surface area contributed by atoms with Crippen molar-refractivity contribution < 1.29 is 22.7 Å². The number of carbonyl (C=O) groups excluding carboxylic acids is 1. The number of nitrogens with two attached hydrogens (primary N) is 1. The number of alkyl halides is 1. The summed E-state index contributed by atoms with van der Waals surface area (Å²) >= 11 is 7.87. The molecule has 0 spiro atoms. The monoisotopic (exact) mass is 656 g/mol. The number of rotatable bonds is 7. The molecule has 7 rings (SSSR count). The first-order valence-electron chi connectivity index (χ1n) is 14.9. The maximum absolute atomic E-state index is 16.8. The van der Waals surface area contributed by atoms with Gasteiger partial charge in [0.1, 0.15) is 29.9 Å². The Hall–Kier alpha value is -3.61. The summed E-state index contributed by atoms with van der Waals surface area (Å²) in [5.74, 6) is -0.945. The number of nitrogen functional groups attached to an aromatic ring is 1. The number of amides is 1. The Labute approximate surface area is 267 Å². The van der Waals surface area contributed by atoms with Crippen LogP contribution in [0, 0.1) is 11.6 Å². The van der Waals surface area contributed by atoms with Crippen molar-refractivity contribution in [1.29, 1.82) is 0 Å². The third-order valence-corrected chi connectivity index (χ3v) is 10.8. The van der Waals surface area contributed by atoms with Crippen LogP contribution in [0.1, 0.15) is 25.7 Å². The van der Waals surface area contributed by atoms with Gasteiger partial charge in [-0.2, -0.15) is 9.97 Å². The highest BCUT2D eigenvalue weighted by molar-refractivity contribution is 7.22. The number of nitrogens with zero attached hydrogens (tertiary/aromatic N) is 5. The van der Waals surface area contributed by atoms with Crippen molar-refractivity contribution in [2.75, 3.05) is 50.5 Å². The maximum Gasteiger partial charge on any atom is 0.319 e. The van der Waals surface area contributed by atoms with Gasteiger partial charge in [-0.05, 0) is 55.6 Å². The molecule has 3 saturated heterocycles. The van der Waals surface area contributed by atoms with Crippen LogP contribution in [0.15, 0.2) is 36.9 Å². The number of hydrogen-bond donors (Lipinski definition) is 1. The first-order chi connectivity index (χ1) is 21.6. The number of likely N-dealkylation sites (tertiary alicyclic amines) is 1. The van der Waals surface area contributed by atoms with Gasteiger partial charge < -0.3 is 20.3 Å². The minimum atomic E-state index is -0.933. The molecule has 5 heterocycles. The van der Waals surface area contributed by atoms with Crippen molar-refractivity contribution >= 4 is 60.7 Å². The molecule has 3 atom stereocenters. The Morgan fingerprint density at radius 2 is 2.09 bits per heavy atom. The number of fused-ring (bicyclic) bond motifs is 3. The molecule has 0 aliphatic carbocycles. The predicted octanol–water partition coefficient (Wildman–Crippen LogP) is 6.20. The van der Waals surface area contributed by atoms with Crippen molar-refractivity contribution in [2.24, 2.45) is 0 Å². The van der Waals surface area contributed by atoms with Gasteiger partial charge in [0.25, 0.3) is 0 Å². The van der Waals surface area contributed by atoms with E-state index in [9.17, 15) is 13.6 Å². The highest BCUT2D eigenvalue weighted by atomic mass is 35.5. The van der Waals surface area contributed by atoms with Crippen LogP contribution in [-0.2, 0) is 4.79 Å². The fourth-order valence-corrected chi connectivity index (χ4v) is 8.43. The molecule has 2 N–H and O–H groups in total. The van der Waals surface area contributed by atoms with Crippen LogP contribution in [0.4, 0.5) is 24.0 Å². The topological polar surface area (TPSA) is 87.8 Å². The third-order valence-electron chi connectivity index (χ3n) is 9.53. The van der Waals surface area contributed by atoms with Crippen molar-refractivity contribution in [3.05, 3.63) is 53.6 Å². The molecule has 45 heavy (non-hydrogen) atoms. The maximum atomic E-state index is 16.8. The van der Waals surface area contributed by atoms with Crippen LogP contribution in [-0.4, -0.2) is 83.3 Å². The summed E-state index contributed by atoms with van der Waals surface area (Å²) in [5.41, 5.74) is 5.97. The van der Waals surface area contributed by atoms with E-state index in [4.69, 9.17) is 27.1 Å². The summed E-state index contributed by atoms with van der Waals surface area (Å²) < 4.78 is 52.4. The number of carbonyl (C=O) groups is 1. The molecule has 3 aliphatic heterocycles. The number of thiophene rings is 1. The van der Waals surface area contributed by atoms with Gasteiger partial charge in [0.15, 0.2) is 5.82 Å². The van der Waals surface area contributed by atoms with Gasteiger partial charge in [-0.15, -0.1) is 11.3 Å². The fraction of sp³-hybridized carbons (Fsp3) is 0.406. The van der Waals surface area contributed by atoms with Crippen molar-refractivity contribution in [3.63, 3.8) is 0 Å². The Morgan fingerprint density at radius 3 is 2.89 bits per heavy atom. The molecule has 8 nitrogen and oxygen atoms in total. The van der Waals surface area contributed by atoms with Gasteiger partial charge in [-0.3, -0.25) is 9.69 Å². The molecule has 0 unspecified atom stereocenters. The molecule has 0 bridgehead atoms. The number of likely N-dealkylation sites (N-methyl/N-ethyl adjacent to an activating group) is 1. The van der Waals surface area contributed by atoms with Gasteiger partial charge in [0.2, 0.25) is 5.91 Å². The van der Waals surface area contributed by atoms with E-state index in [1.165, 1.54) is 18.2 Å². The second-order valence-electron chi connectivity index (χ2n) is 12.2. The van der Waals surface area contributed by atoms with E-state index < -0.39 is 23.3 Å². The smallest absolute Gasteiger partial charge is 0.319 e. The molecule has 4 aromatic rings. The number of ether oxygens (including phenoxy) is 1. The Balaban J connectivity index is 1.34. The number of halogens is 4. The van der Waals surface area contributed by atoms with Gasteiger partial charge in [0.05, 0.1) is 20.3 Å². The highest BCUT2D eigenvalue weighted by Gasteiger charge is 2.49. The van der Waals surface area contributed by atoms with Crippen molar-refractivity contribution in [3.8, 4) is 17.1 Å². The molecule has 0 radical (unpaired) electrons. The molecule has 236 valence electrons. The number of benzene rings is 2. The zero-order valence-electron chi connectivity index (χ0n) is 24.7. The molecule has 2 aromatic heterocycles. The largest absolute Gasteiger partial charge is 0.461 e. The first kappa shape index (κ1) is 30.1. The van der Waals surface area contributed by atoms with Gasteiger partial charge in [-0.25, -0.2) is 13.2 Å². The normalized spacial score (nSPS) is 23.3. The summed E-state index contributed by atoms with van der Waals surface area (Å²) in [7, 11) is 1.83. The Bertz CT molecular complexity index is 1860. The minimum Gasteiger partial charge on any atom is -0.461 e. The summed E-state index contributed by atoms with van der Waals surface area (Å²) in [5, 5.41) is 1.29. The summed E-state index contributed by atoms with van der Waals surface area (Å²) in [6, 6.07) is 5.80. The molecular weight excluding hydrogens is 625 g/mol. The quantitative estimate of drug-likeness (QED) is 0.237. The van der Waals surface area contributed by atoms with E-state index in [2.05, 4.69) is 16.5 Å². The van der Waals surface area contributed by atoms with E-state index in [0.717, 1.165) is 30.7 Å². The molecule has 13 heteroatoms. The van der Waals surface area contributed by atoms with Crippen molar-refractivity contribution in [1.82, 2.24) is 19.8 Å². The molecule has 1 amide bonds. The van der Waals surface area contributed by atoms with E-state index >= 15 is 4.39 Å². The average Bonchev–Trinajstić information content (AvgIpc) is 3.80. The fourth-order valence-electron chi connectivity index (χ4n) is 7.28. The average molecular weight is 657 g/mol. The van der Waals surface area contributed by atoms with Crippen molar-refractivity contribution in [2.45, 2.75) is 43.4 Å². The second kappa shape index (κ2) is 11.3. The minimum absolute atomic E-state index is 0.0190. The lowest BCUT2D eigenvalue weighted by Crippen LogP contribution is -2.43. The highest BCUT2D eigenvalue weighted by Crippen LogP contribution is 2.45. The lowest BCUT2D eigenvalue weighted by Gasteiger charge is -2.31. The molecule has 0 saturated carbocycles. The SMILES string of the molecule is C=CC(=O)N1CC[C@H](N(C)c2nc(OC[C@@]34CCCN3C[C@H](F)C4)nc3c(F)c(-c4ccc(F)c5sc(N)cc45)c(Cl)cc23)C1. The number of anilines is 2. The van der Waals surface area contributed by atoms with Crippen LogP contribution in [0.3, 0.4) is 0 Å². The molecule has 3 fully saturated rings. The number of aromatic nitrogens is 2. The molecule has 2 aromatic carbocycles. The van der Waals surface area contributed by atoms with Crippen LogP contribution >= 0.6 is 22.9 Å². The summed E-state index contributed by atoms with van der Waals surface area (Å²) in [4.78, 5) is 27.3. The van der Waals surface area contributed by atoms with Crippen LogP contribution in [0.25, 0.3) is 32.1 Å².